The maximum atomic E-state index is 11.7. The molecule has 0 radical (unpaired) electrons. The second-order valence-corrected chi connectivity index (χ2v) is 5.78. The van der Waals surface area contributed by atoms with E-state index in [1.165, 1.54) is 6.21 Å². The minimum atomic E-state index is -0.452. The molecule has 7 heteroatoms. The molecule has 3 aromatic rings. The number of hydrogen-bond donors (Lipinski definition) is 2. The van der Waals surface area contributed by atoms with Gasteiger partial charge in [-0.15, -0.1) is 0 Å². The summed E-state index contributed by atoms with van der Waals surface area (Å²) >= 11 is 12.2. The van der Waals surface area contributed by atoms with Crippen molar-refractivity contribution in [2.75, 3.05) is 5.32 Å². The predicted molar refractivity (Wildman–Crippen MR) is 100 cm³/mol. The first-order chi connectivity index (χ1) is 12.1. The fraction of sp³-hybridized carbons (Fsp3) is 0. The van der Waals surface area contributed by atoms with Gasteiger partial charge in [0.05, 0.1) is 16.3 Å². The molecule has 0 saturated carbocycles. The largest absolute Gasteiger partial charge is 0.455 e. The molecule has 5 nitrogen and oxygen atoms in total. The average molecular weight is 374 g/mol. The first kappa shape index (κ1) is 17.1. The van der Waals surface area contributed by atoms with Crippen LogP contribution in [-0.2, 0) is 0 Å². The fourth-order valence-corrected chi connectivity index (χ4v) is 2.49. The number of urea groups is 1. The van der Waals surface area contributed by atoms with Crippen molar-refractivity contribution in [2.24, 2.45) is 5.10 Å². The zero-order chi connectivity index (χ0) is 17.6. The van der Waals surface area contributed by atoms with E-state index in [-0.39, 0.29) is 0 Å². The van der Waals surface area contributed by atoms with E-state index in [1.807, 2.05) is 18.2 Å². The Labute approximate surface area is 154 Å². The van der Waals surface area contributed by atoms with E-state index in [0.717, 1.165) is 0 Å². The summed E-state index contributed by atoms with van der Waals surface area (Å²) in [4.78, 5) is 11.7. The number of para-hydroxylation sites is 1. The zero-order valence-electron chi connectivity index (χ0n) is 12.9. The van der Waals surface area contributed by atoms with E-state index < -0.39 is 6.03 Å². The topological polar surface area (TPSA) is 66.6 Å². The molecule has 0 fully saturated rings. The van der Waals surface area contributed by atoms with Crippen LogP contribution in [0.25, 0.3) is 11.3 Å². The van der Waals surface area contributed by atoms with Crippen molar-refractivity contribution in [2.45, 2.75) is 0 Å². The highest BCUT2D eigenvalue weighted by Crippen LogP contribution is 2.34. The SMILES string of the molecule is O=C(N/N=C/c1ccc(-c2cccc(Cl)c2Cl)o1)Nc1ccccc1. The van der Waals surface area contributed by atoms with Crippen LogP contribution in [0.2, 0.25) is 10.0 Å². The molecule has 0 aliphatic rings. The highest BCUT2D eigenvalue weighted by atomic mass is 35.5. The Morgan fingerprint density at radius 1 is 1.00 bits per heavy atom. The molecule has 2 amide bonds. The molecular weight excluding hydrogens is 361 g/mol. The predicted octanol–water partition coefficient (Wildman–Crippen LogP) is 5.41. The van der Waals surface area contributed by atoms with Gasteiger partial charge in [-0.05, 0) is 36.4 Å². The van der Waals surface area contributed by atoms with Crippen LogP contribution >= 0.6 is 23.2 Å². The van der Waals surface area contributed by atoms with E-state index >= 15 is 0 Å². The van der Waals surface area contributed by atoms with Crippen LogP contribution in [0.5, 0.6) is 0 Å². The van der Waals surface area contributed by atoms with Crippen LogP contribution < -0.4 is 10.7 Å². The van der Waals surface area contributed by atoms with E-state index in [2.05, 4.69) is 15.8 Å². The number of nitrogens with zero attached hydrogens (tertiary/aromatic N) is 1. The lowest BCUT2D eigenvalue weighted by Gasteiger charge is -2.03. The molecule has 1 aromatic heterocycles. The Hall–Kier alpha value is -2.76. The van der Waals surface area contributed by atoms with Gasteiger partial charge in [0.1, 0.15) is 11.5 Å². The third kappa shape index (κ3) is 4.41. The molecule has 3 rings (SSSR count). The number of rotatable bonds is 4. The van der Waals surface area contributed by atoms with Gasteiger partial charge >= 0.3 is 6.03 Å². The maximum absolute atomic E-state index is 11.7. The molecule has 0 bridgehead atoms. The van der Waals surface area contributed by atoms with E-state index in [0.29, 0.717) is 32.8 Å². The molecule has 2 N–H and O–H groups in total. The second kappa shape index (κ2) is 7.88. The molecule has 0 unspecified atom stereocenters. The van der Waals surface area contributed by atoms with Crippen molar-refractivity contribution in [1.29, 1.82) is 0 Å². The average Bonchev–Trinajstić information content (AvgIpc) is 3.07. The Kier molecular flexibility index (Phi) is 5.38. The van der Waals surface area contributed by atoms with Crippen molar-refractivity contribution in [3.63, 3.8) is 0 Å². The van der Waals surface area contributed by atoms with E-state index in [1.54, 1.807) is 42.5 Å². The number of hydrogen-bond acceptors (Lipinski definition) is 3. The minimum absolute atomic E-state index is 0.419. The van der Waals surface area contributed by atoms with Crippen LogP contribution in [0.4, 0.5) is 10.5 Å². The quantitative estimate of drug-likeness (QED) is 0.474. The molecule has 126 valence electrons. The molecule has 0 atom stereocenters. The number of halogens is 2. The van der Waals surface area contributed by atoms with Crippen molar-refractivity contribution >= 4 is 41.1 Å². The fourth-order valence-electron chi connectivity index (χ4n) is 2.10. The highest BCUT2D eigenvalue weighted by molar-refractivity contribution is 6.43. The van der Waals surface area contributed by atoms with Crippen LogP contribution in [0.15, 0.2) is 70.2 Å². The Balaban J connectivity index is 1.62. The van der Waals surface area contributed by atoms with Gasteiger partial charge in [0.25, 0.3) is 0 Å². The van der Waals surface area contributed by atoms with E-state index in [9.17, 15) is 4.79 Å². The summed E-state index contributed by atoms with van der Waals surface area (Å²) in [6.45, 7) is 0. The molecule has 0 saturated heterocycles. The van der Waals surface area contributed by atoms with E-state index in [4.69, 9.17) is 27.6 Å². The summed E-state index contributed by atoms with van der Waals surface area (Å²) in [6.07, 6.45) is 1.40. The number of hydrazone groups is 1. The lowest BCUT2D eigenvalue weighted by molar-refractivity contribution is 0.252. The highest BCUT2D eigenvalue weighted by Gasteiger charge is 2.10. The number of anilines is 1. The Bertz CT molecular complexity index is 908. The lowest BCUT2D eigenvalue weighted by Crippen LogP contribution is -2.24. The van der Waals surface area contributed by atoms with Crippen LogP contribution in [0.1, 0.15) is 5.76 Å². The van der Waals surface area contributed by atoms with Crippen LogP contribution in [0, 0.1) is 0 Å². The first-order valence-electron chi connectivity index (χ1n) is 7.33. The lowest BCUT2D eigenvalue weighted by atomic mass is 10.2. The third-order valence-corrected chi connectivity index (χ3v) is 4.05. The molecule has 2 aromatic carbocycles. The molecule has 0 aliphatic heterocycles. The zero-order valence-corrected chi connectivity index (χ0v) is 14.4. The van der Waals surface area contributed by atoms with Crippen molar-refractivity contribution < 1.29 is 9.21 Å². The second-order valence-electron chi connectivity index (χ2n) is 4.99. The summed E-state index contributed by atoms with van der Waals surface area (Å²) in [5.41, 5.74) is 3.72. The number of carbonyl (C=O) groups excluding carboxylic acids is 1. The molecule has 1 heterocycles. The molecule has 0 aliphatic carbocycles. The number of benzene rings is 2. The summed E-state index contributed by atoms with van der Waals surface area (Å²) < 4.78 is 5.64. The normalized spacial score (nSPS) is 10.8. The van der Waals surface area contributed by atoms with Gasteiger partial charge in [-0.1, -0.05) is 47.5 Å². The van der Waals surface area contributed by atoms with Gasteiger partial charge in [0.15, 0.2) is 0 Å². The van der Waals surface area contributed by atoms with Gasteiger partial charge in [0.2, 0.25) is 0 Å². The number of carbonyl (C=O) groups is 1. The first-order valence-corrected chi connectivity index (χ1v) is 8.08. The van der Waals surface area contributed by atoms with Gasteiger partial charge in [-0.3, -0.25) is 0 Å². The monoisotopic (exact) mass is 373 g/mol. The summed E-state index contributed by atoms with van der Waals surface area (Å²) in [5.74, 6) is 1.02. The summed E-state index contributed by atoms with van der Waals surface area (Å²) in [5, 5.41) is 7.36. The summed E-state index contributed by atoms with van der Waals surface area (Å²) in [6, 6.07) is 17.4. The van der Waals surface area contributed by atoms with Crippen molar-refractivity contribution in [3.05, 3.63) is 76.5 Å². The van der Waals surface area contributed by atoms with Gasteiger partial charge < -0.3 is 9.73 Å². The molecular formula is C18H13Cl2N3O2. The number of amides is 2. The molecule has 25 heavy (non-hydrogen) atoms. The Morgan fingerprint density at radius 3 is 2.60 bits per heavy atom. The minimum Gasteiger partial charge on any atom is -0.455 e. The number of nitrogens with one attached hydrogen (secondary N) is 2. The van der Waals surface area contributed by atoms with Gasteiger partial charge in [-0.25, -0.2) is 10.2 Å². The summed E-state index contributed by atoms with van der Waals surface area (Å²) in [7, 11) is 0. The third-order valence-electron chi connectivity index (χ3n) is 3.23. The van der Waals surface area contributed by atoms with Crippen LogP contribution in [0.3, 0.4) is 0 Å². The smallest absolute Gasteiger partial charge is 0.339 e. The number of furan rings is 1. The van der Waals surface area contributed by atoms with Gasteiger partial charge in [-0.2, -0.15) is 5.10 Å². The maximum Gasteiger partial charge on any atom is 0.339 e. The van der Waals surface area contributed by atoms with Crippen LogP contribution in [-0.4, -0.2) is 12.2 Å². The Morgan fingerprint density at radius 2 is 1.80 bits per heavy atom. The molecule has 0 spiro atoms. The standard InChI is InChI=1S/C18H13Cl2N3O2/c19-15-8-4-7-14(17(15)20)16-10-9-13(25-16)11-21-23-18(24)22-12-5-2-1-3-6-12/h1-11H,(H2,22,23,24)/b21-11+. The van der Waals surface area contributed by atoms with Crippen molar-refractivity contribution in [3.8, 4) is 11.3 Å². The van der Waals surface area contributed by atoms with Gasteiger partial charge in [0, 0.05) is 11.3 Å². The van der Waals surface area contributed by atoms with Crippen molar-refractivity contribution in [1.82, 2.24) is 5.43 Å².